The predicted octanol–water partition coefficient (Wildman–Crippen LogP) is 2.96. The standard InChI is InChI=1S/C11H11NO/c1-8-4-3-5-10(9(8)2)11-6-12-7-13-11/h3-7H,1-2H3. The predicted molar refractivity (Wildman–Crippen MR) is 51.4 cm³/mol. The zero-order valence-corrected chi connectivity index (χ0v) is 7.74. The zero-order valence-electron chi connectivity index (χ0n) is 7.74. The normalized spacial score (nSPS) is 10.3. The minimum absolute atomic E-state index is 0.834. The lowest BCUT2D eigenvalue weighted by Crippen LogP contribution is -1.84. The lowest BCUT2D eigenvalue weighted by Gasteiger charge is -2.04. The fraction of sp³-hybridized carbons (Fsp3) is 0.182. The SMILES string of the molecule is Cc1cccc(-c2cnco2)c1C. The third kappa shape index (κ3) is 1.35. The molecule has 0 bridgehead atoms. The molecule has 1 heterocycles. The van der Waals surface area contributed by atoms with E-state index in [-0.39, 0.29) is 0 Å². The quantitative estimate of drug-likeness (QED) is 0.662. The minimum atomic E-state index is 0.834. The summed E-state index contributed by atoms with van der Waals surface area (Å²) in [4.78, 5) is 3.90. The Kier molecular flexibility index (Phi) is 1.89. The fourth-order valence-electron chi connectivity index (χ4n) is 1.37. The molecule has 0 N–H and O–H groups in total. The molecule has 0 aliphatic rings. The van der Waals surface area contributed by atoms with Crippen LogP contribution >= 0.6 is 0 Å². The van der Waals surface area contributed by atoms with Crippen molar-refractivity contribution in [1.82, 2.24) is 4.98 Å². The smallest absolute Gasteiger partial charge is 0.181 e. The van der Waals surface area contributed by atoms with Crippen LogP contribution in [0.3, 0.4) is 0 Å². The van der Waals surface area contributed by atoms with Gasteiger partial charge < -0.3 is 4.42 Å². The van der Waals surface area contributed by atoms with Crippen molar-refractivity contribution in [3.05, 3.63) is 41.9 Å². The molecule has 0 spiro atoms. The second-order valence-corrected chi connectivity index (χ2v) is 3.11. The summed E-state index contributed by atoms with van der Waals surface area (Å²) in [5.74, 6) is 0.834. The highest BCUT2D eigenvalue weighted by molar-refractivity contribution is 5.62. The van der Waals surface area contributed by atoms with Crippen LogP contribution in [0.15, 0.2) is 35.2 Å². The molecule has 0 unspecified atom stereocenters. The van der Waals surface area contributed by atoms with Gasteiger partial charge in [0.25, 0.3) is 0 Å². The van der Waals surface area contributed by atoms with Crippen molar-refractivity contribution in [2.75, 3.05) is 0 Å². The van der Waals surface area contributed by atoms with Crippen LogP contribution < -0.4 is 0 Å². The molecule has 1 aromatic heterocycles. The molecule has 66 valence electrons. The van der Waals surface area contributed by atoms with E-state index in [2.05, 4.69) is 24.9 Å². The van der Waals surface area contributed by atoms with Gasteiger partial charge in [0.05, 0.1) is 6.20 Å². The van der Waals surface area contributed by atoms with E-state index in [1.165, 1.54) is 17.5 Å². The highest BCUT2D eigenvalue weighted by atomic mass is 16.3. The largest absolute Gasteiger partial charge is 0.444 e. The summed E-state index contributed by atoms with van der Waals surface area (Å²) in [6.45, 7) is 4.18. The topological polar surface area (TPSA) is 26.0 Å². The zero-order chi connectivity index (χ0) is 9.26. The van der Waals surface area contributed by atoms with Crippen molar-refractivity contribution in [3.8, 4) is 11.3 Å². The molecule has 0 fully saturated rings. The van der Waals surface area contributed by atoms with Crippen molar-refractivity contribution in [3.63, 3.8) is 0 Å². The van der Waals surface area contributed by atoms with E-state index < -0.39 is 0 Å². The van der Waals surface area contributed by atoms with Crippen molar-refractivity contribution in [2.24, 2.45) is 0 Å². The Morgan fingerprint density at radius 3 is 2.77 bits per heavy atom. The van der Waals surface area contributed by atoms with E-state index in [1.807, 2.05) is 12.1 Å². The molecule has 1 aromatic carbocycles. The molecular formula is C11H11NO. The third-order valence-electron chi connectivity index (χ3n) is 2.30. The van der Waals surface area contributed by atoms with E-state index in [1.54, 1.807) is 6.20 Å². The molecule has 0 saturated carbocycles. The van der Waals surface area contributed by atoms with Crippen molar-refractivity contribution in [1.29, 1.82) is 0 Å². The highest BCUT2D eigenvalue weighted by Crippen LogP contribution is 2.24. The van der Waals surface area contributed by atoms with Crippen molar-refractivity contribution < 1.29 is 4.42 Å². The Morgan fingerprint density at radius 2 is 2.08 bits per heavy atom. The number of oxazole rings is 1. The molecule has 2 heteroatoms. The Morgan fingerprint density at radius 1 is 1.23 bits per heavy atom. The minimum Gasteiger partial charge on any atom is -0.444 e. The number of aryl methyl sites for hydroxylation is 1. The molecular weight excluding hydrogens is 162 g/mol. The van der Waals surface area contributed by atoms with Crippen LogP contribution in [0.2, 0.25) is 0 Å². The molecule has 2 nitrogen and oxygen atoms in total. The lowest BCUT2D eigenvalue weighted by molar-refractivity contribution is 0.571. The van der Waals surface area contributed by atoms with Crippen LogP contribution in [0, 0.1) is 13.8 Å². The maximum atomic E-state index is 5.24. The maximum absolute atomic E-state index is 5.24. The van der Waals surface area contributed by atoms with E-state index in [9.17, 15) is 0 Å². The number of aromatic nitrogens is 1. The highest BCUT2D eigenvalue weighted by Gasteiger charge is 2.05. The van der Waals surface area contributed by atoms with Gasteiger partial charge in [-0.3, -0.25) is 0 Å². The van der Waals surface area contributed by atoms with Crippen LogP contribution in [-0.4, -0.2) is 4.98 Å². The molecule has 2 aromatic rings. The molecule has 13 heavy (non-hydrogen) atoms. The van der Waals surface area contributed by atoms with E-state index in [4.69, 9.17) is 4.42 Å². The van der Waals surface area contributed by atoms with Gasteiger partial charge in [-0.2, -0.15) is 0 Å². The molecule has 0 atom stereocenters. The van der Waals surface area contributed by atoms with Gasteiger partial charge in [0.15, 0.2) is 12.2 Å². The van der Waals surface area contributed by atoms with Gasteiger partial charge in [0.1, 0.15) is 0 Å². The third-order valence-corrected chi connectivity index (χ3v) is 2.30. The summed E-state index contributed by atoms with van der Waals surface area (Å²) >= 11 is 0. The number of benzene rings is 1. The van der Waals surface area contributed by atoms with Crippen molar-refractivity contribution >= 4 is 0 Å². The monoisotopic (exact) mass is 173 g/mol. The molecule has 0 amide bonds. The lowest BCUT2D eigenvalue weighted by atomic mass is 10.0. The van der Waals surface area contributed by atoms with Gasteiger partial charge in [0.2, 0.25) is 0 Å². The average Bonchev–Trinajstić information content (AvgIpc) is 2.62. The average molecular weight is 173 g/mol. The van der Waals surface area contributed by atoms with Gasteiger partial charge in [-0.05, 0) is 25.0 Å². The van der Waals surface area contributed by atoms with E-state index >= 15 is 0 Å². The summed E-state index contributed by atoms with van der Waals surface area (Å²) in [7, 11) is 0. The molecule has 0 radical (unpaired) electrons. The number of rotatable bonds is 1. The van der Waals surface area contributed by atoms with Crippen LogP contribution in [0.4, 0.5) is 0 Å². The van der Waals surface area contributed by atoms with Crippen molar-refractivity contribution in [2.45, 2.75) is 13.8 Å². The van der Waals surface area contributed by atoms with Gasteiger partial charge in [-0.1, -0.05) is 18.2 Å². The first-order chi connectivity index (χ1) is 6.29. The second-order valence-electron chi connectivity index (χ2n) is 3.11. The molecule has 0 saturated heterocycles. The van der Waals surface area contributed by atoms with Crippen LogP contribution in [0.5, 0.6) is 0 Å². The molecule has 0 aliphatic carbocycles. The second kappa shape index (κ2) is 3.05. The first kappa shape index (κ1) is 8.05. The van der Waals surface area contributed by atoms with Gasteiger partial charge in [-0.15, -0.1) is 0 Å². The van der Waals surface area contributed by atoms with Crippen LogP contribution in [0.1, 0.15) is 11.1 Å². The maximum Gasteiger partial charge on any atom is 0.181 e. The van der Waals surface area contributed by atoms with E-state index in [0.717, 1.165) is 11.3 Å². The first-order valence-electron chi connectivity index (χ1n) is 4.24. The summed E-state index contributed by atoms with van der Waals surface area (Å²) in [6.07, 6.45) is 3.19. The number of nitrogens with zero attached hydrogens (tertiary/aromatic N) is 1. The van der Waals surface area contributed by atoms with Gasteiger partial charge in [-0.25, -0.2) is 4.98 Å². The Balaban J connectivity index is 2.59. The molecule has 0 aliphatic heterocycles. The fourth-order valence-corrected chi connectivity index (χ4v) is 1.37. The van der Waals surface area contributed by atoms with Gasteiger partial charge in [0, 0.05) is 5.56 Å². The number of hydrogen-bond acceptors (Lipinski definition) is 2. The van der Waals surface area contributed by atoms with Crippen LogP contribution in [-0.2, 0) is 0 Å². The Bertz CT molecular complexity index is 404. The van der Waals surface area contributed by atoms with Gasteiger partial charge >= 0.3 is 0 Å². The summed E-state index contributed by atoms with van der Waals surface area (Å²) in [5, 5.41) is 0. The Hall–Kier alpha value is -1.57. The number of hydrogen-bond donors (Lipinski definition) is 0. The van der Waals surface area contributed by atoms with E-state index in [0.29, 0.717) is 0 Å². The summed E-state index contributed by atoms with van der Waals surface area (Å²) < 4.78 is 5.24. The first-order valence-corrected chi connectivity index (χ1v) is 4.24. The summed E-state index contributed by atoms with van der Waals surface area (Å²) in [6, 6.07) is 6.16. The summed E-state index contributed by atoms with van der Waals surface area (Å²) in [5.41, 5.74) is 3.64. The Labute approximate surface area is 77.2 Å². The molecule has 2 rings (SSSR count). The van der Waals surface area contributed by atoms with Crippen LogP contribution in [0.25, 0.3) is 11.3 Å².